The molecule has 3 atom stereocenters. The summed E-state index contributed by atoms with van der Waals surface area (Å²) >= 11 is 1.67. The lowest BCUT2D eigenvalue weighted by molar-refractivity contribution is -0.123. The van der Waals surface area contributed by atoms with Gasteiger partial charge in [-0.15, -0.1) is 0 Å². The molecule has 0 spiro atoms. The average molecular weight is 280 g/mol. The molecule has 4 nitrogen and oxygen atoms in total. The molecule has 1 aromatic rings. The molecule has 0 saturated heterocycles. The molecule has 0 saturated carbocycles. The Morgan fingerprint density at radius 2 is 2.32 bits per heavy atom. The minimum absolute atomic E-state index is 0.185. The predicted octanol–water partition coefficient (Wildman–Crippen LogP) is 0.841. The first-order valence-corrected chi connectivity index (χ1v) is 7.83. The van der Waals surface area contributed by atoms with Crippen LogP contribution in [0, 0.1) is 0 Å². The molecule has 1 aliphatic rings. The van der Waals surface area contributed by atoms with Gasteiger partial charge in [0.2, 0.25) is 5.91 Å². The van der Waals surface area contributed by atoms with Gasteiger partial charge in [-0.1, -0.05) is 24.3 Å². The van der Waals surface area contributed by atoms with Crippen molar-refractivity contribution < 1.29 is 9.90 Å². The van der Waals surface area contributed by atoms with E-state index in [4.69, 9.17) is 5.73 Å². The normalized spacial score (nSPS) is 22.9. The molecule has 0 heterocycles. The van der Waals surface area contributed by atoms with E-state index in [1.807, 2.05) is 30.5 Å². The molecule has 0 aliphatic heterocycles. The van der Waals surface area contributed by atoms with Crippen LogP contribution in [0.25, 0.3) is 0 Å². The molecule has 0 fully saturated rings. The maximum absolute atomic E-state index is 12.0. The number of hydrogen-bond acceptors (Lipinski definition) is 4. The van der Waals surface area contributed by atoms with E-state index < -0.39 is 12.1 Å². The van der Waals surface area contributed by atoms with Crippen LogP contribution in [0.15, 0.2) is 24.3 Å². The summed E-state index contributed by atoms with van der Waals surface area (Å²) in [6.45, 7) is 0. The molecule has 5 heteroatoms. The molecule has 4 N–H and O–H groups in total. The molecule has 1 amide bonds. The minimum atomic E-state index is -0.561. The molecular formula is C14H20N2O2S. The molecule has 0 aromatic heterocycles. The summed E-state index contributed by atoms with van der Waals surface area (Å²) in [6, 6.07) is 6.96. The number of aliphatic hydroxyl groups excluding tert-OH is 1. The maximum atomic E-state index is 12.0. The van der Waals surface area contributed by atoms with Crippen LogP contribution in [0.3, 0.4) is 0 Å². The van der Waals surface area contributed by atoms with Crippen LogP contribution >= 0.6 is 11.8 Å². The lowest BCUT2D eigenvalue weighted by Crippen LogP contribution is -2.44. The second kappa shape index (κ2) is 6.41. The molecule has 1 aromatic carbocycles. The van der Waals surface area contributed by atoms with Gasteiger partial charge in [-0.05, 0) is 29.6 Å². The monoisotopic (exact) mass is 280 g/mol. The first-order valence-electron chi connectivity index (χ1n) is 6.44. The van der Waals surface area contributed by atoms with Crippen molar-refractivity contribution in [3.63, 3.8) is 0 Å². The molecule has 2 rings (SSSR count). The quantitative estimate of drug-likeness (QED) is 0.747. The van der Waals surface area contributed by atoms with Gasteiger partial charge in [0.1, 0.15) is 0 Å². The number of benzene rings is 1. The van der Waals surface area contributed by atoms with Gasteiger partial charge in [0.05, 0.1) is 18.2 Å². The SMILES string of the molecule is CSCC[C@H](N)C(=O)N[C@H]1c2ccccc2C[C@H]1O. The van der Waals surface area contributed by atoms with Crippen molar-refractivity contribution >= 4 is 17.7 Å². The fourth-order valence-corrected chi connectivity index (χ4v) is 2.87. The molecule has 0 radical (unpaired) electrons. The molecular weight excluding hydrogens is 260 g/mol. The van der Waals surface area contributed by atoms with Gasteiger partial charge < -0.3 is 16.2 Å². The van der Waals surface area contributed by atoms with Gasteiger partial charge in [0, 0.05) is 6.42 Å². The van der Waals surface area contributed by atoms with Gasteiger partial charge in [0.25, 0.3) is 0 Å². The summed E-state index contributed by atoms with van der Waals surface area (Å²) in [4.78, 5) is 12.0. The number of fused-ring (bicyclic) bond motifs is 1. The number of carbonyl (C=O) groups is 1. The van der Waals surface area contributed by atoms with E-state index in [0.717, 1.165) is 16.9 Å². The average Bonchev–Trinajstić information content (AvgIpc) is 2.72. The number of nitrogens with one attached hydrogen (secondary N) is 1. The Balaban J connectivity index is 2.01. The summed E-state index contributed by atoms with van der Waals surface area (Å²) in [6.07, 6.45) is 2.66. The van der Waals surface area contributed by atoms with E-state index in [1.54, 1.807) is 11.8 Å². The molecule has 0 bridgehead atoms. The van der Waals surface area contributed by atoms with E-state index >= 15 is 0 Å². The Bertz CT molecular complexity index is 453. The molecule has 104 valence electrons. The summed E-state index contributed by atoms with van der Waals surface area (Å²) < 4.78 is 0. The summed E-state index contributed by atoms with van der Waals surface area (Å²) in [7, 11) is 0. The Labute approximate surface area is 117 Å². The van der Waals surface area contributed by atoms with E-state index in [0.29, 0.717) is 12.8 Å². The van der Waals surface area contributed by atoms with E-state index in [2.05, 4.69) is 5.32 Å². The number of thioether (sulfide) groups is 1. The van der Waals surface area contributed by atoms with E-state index in [-0.39, 0.29) is 11.9 Å². The summed E-state index contributed by atoms with van der Waals surface area (Å²) in [5, 5.41) is 12.9. The zero-order valence-electron chi connectivity index (χ0n) is 11.0. The van der Waals surface area contributed by atoms with Crippen LogP contribution in [-0.4, -0.2) is 35.2 Å². The topological polar surface area (TPSA) is 75.4 Å². The second-order valence-corrected chi connectivity index (χ2v) is 5.83. The van der Waals surface area contributed by atoms with Crippen LogP contribution in [0.5, 0.6) is 0 Å². The van der Waals surface area contributed by atoms with Crippen LogP contribution in [0.4, 0.5) is 0 Å². The highest BCUT2D eigenvalue weighted by Gasteiger charge is 2.32. The number of amides is 1. The first-order chi connectivity index (χ1) is 9.13. The predicted molar refractivity (Wildman–Crippen MR) is 78.0 cm³/mol. The molecule has 0 unspecified atom stereocenters. The highest BCUT2D eigenvalue weighted by Crippen LogP contribution is 2.31. The number of nitrogens with two attached hydrogens (primary N) is 1. The highest BCUT2D eigenvalue weighted by molar-refractivity contribution is 7.98. The van der Waals surface area contributed by atoms with Crippen LogP contribution in [-0.2, 0) is 11.2 Å². The van der Waals surface area contributed by atoms with Gasteiger partial charge >= 0.3 is 0 Å². The van der Waals surface area contributed by atoms with Crippen molar-refractivity contribution in [2.45, 2.75) is 31.0 Å². The number of carbonyl (C=O) groups excluding carboxylic acids is 1. The van der Waals surface area contributed by atoms with Crippen molar-refractivity contribution in [3.8, 4) is 0 Å². The first kappa shape index (κ1) is 14.4. The standard InChI is InChI=1S/C14H20N2O2S/c1-19-7-6-11(15)14(18)16-13-10-5-3-2-4-9(10)8-12(13)17/h2-5,11-13,17H,6-8,15H2,1H3,(H,16,18)/t11-,12+,13-/m0/s1. The number of rotatable bonds is 5. The van der Waals surface area contributed by atoms with Gasteiger partial charge in [0.15, 0.2) is 0 Å². The Kier molecular flexibility index (Phi) is 4.85. The number of hydrogen-bond donors (Lipinski definition) is 3. The third-order valence-electron chi connectivity index (χ3n) is 3.47. The third-order valence-corrected chi connectivity index (χ3v) is 4.12. The van der Waals surface area contributed by atoms with E-state index in [9.17, 15) is 9.90 Å². The van der Waals surface area contributed by atoms with Gasteiger partial charge in [-0.25, -0.2) is 0 Å². The maximum Gasteiger partial charge on any atom is 0.237 e. The second-order valence-electron chi connectivity index (χ2n) is 4.84. The summed E-state index contributed by atoms with van der Waals surface area (Å²) in [5.74, 6) is 0.674. The minimum Gasteiger partial charge on any atom is -0.390 e. The van der Waals surface area contributed by atoms with Gasteiger partial charge in [-0.2, -0.15) is 11.8 Å². The highest BCUT2D eigenvalue weighted by atomic mass is 32.2. The Morgan fingerprint density at radius 3 is 3.05 bits per heavy atom. The smallest absolute Gasteiger partial charge is 0.237 e. The van der Waals surface area contributed by atoms with Crippen molar-refractivity contribution in [1.29, 1.82) is 0 Å². The van der Waals surface area contributed by atoms with Gasteiger partial charge in [-0.3, -0.25) is 4.79 Å². The lowest BCUT2D eigenvalue weighted by Gasteiger charge is -2.20. The lowest BCUT2D eigenvalue weighted by atomic mass is 10.1. The fraction of sp³-hybridized carbons (Fsp3) is 0.500. The fourth-order valence-electron chi connectivity index (χ4n) is 2.38. The Morgan fingerprint density at radius 1 is 1.58 bits per heavy atom. The summed E-state index contributed by atoms with van der Waals surface area (Å²) in [5.41, 5.74) is 7.94. The van der Waals surface area contributed by atoms with Crippen LogP contribution in [0.2, 0.25) is 0 Å². The zero-order valence-corrected chi connectivity index (χ0v) is 11.8. The van der Waals surface area contributed by atoms with Crippen molar-refractivity contribution in [2.75, 3.05) is 12.0 Å². The van der Waals surface area contributed by atoms with Crippen molar-refractivity contribution in [2.24, 2.45) is 5.73 Å². The Hall–Kier alpha value is -1.04. The van der Waals surface area contributed by atoms with Crippen LogP contribution < -0.4 is 11.1 Å². The van der Waals surface area contributed by atoms with Crippen molar-refractivity contribution in [3.05, 3.63) is 35.4 Å². The van der Waals surface area contributed by atoms with Crippen molar-refractivity contribution in [1.82, 2.24) is 5.32 Å². The third kappa shape index (κ3) is 3.29. The van der Waals surface area contributed by atoms with E-state index in [1.165, 1.54) is 0 Å². The molecule has 1 aliphatic carbocycles. The number of aliphatic hydroxyl groups is 1. The molecule has 19 heavy (non-hydrogen) atoms. The zero-order chi connectivity index (χ0) is 13.8. The largest absolute Gasteiger partial charge is 0.390 e. The van der Waals surface area contributed by atoms with Crippen LogP contribution in [0.1, 0.15) is 23.6 Å².